The van der Waals surface area contributed by atoms with Gasteiger partial charge in [0.1, 0.15) is 18.0 Å². The third-order valence-electron chi connectivity index (χ3n) is 5.95. The fourth-order valence-corrected chi connectivity index (χ4v) is 4.31. The molecule has 1 aliphatic carbocycles. The Morgan fingerprint density at radius 1 is 1.19 bits per heavy atom. The first-order chi connectivity index (χ1) is 13.1. The maximum absolute atomic E-state index is 12.7. The van der Waals surface area contributed by atoms with Crippen molar-refractivity contribution in [1.82, 2.24) is 4.90 Å². The van der Waals surface area contributed by atoms with Crippen molar-refractivity contribution < 1.29 is 14.3 Å². The summed E-state index contributed by atoms with van der Waals surface area (Å²) >= 11 is 0. The number of nitrogens with one attached hydrogen (secondary N) is 1. The van der Waals surface area contributed by atoms with Crippen LogP contribution < -0.4 is 10.1 Å². The van der Waals surface area contributed by atoms with Crippen molar-refractivity contribution in [2.24, 2.45) is 0 Å². The quantitative estimate of drug-likeness (QED) is 0.740. The molecule has 1 N–H and O–H groups in total. The number of nitrogens with zero attached hydrogens (tertiary/aromatic N) is 1. The predicted octanol–water partition coefficient (Wildman–Crippen LogP) is 4.23. The minimum atomic E-state index is -0.644. The van der Waals surface area contributed by atoms with Crippen molar-refractivity contribution >= 4 is 11.6 Å². The molecule has 5 nitrogen and oxygen atoms in total. The monoisotopic (exact) mass is 374 g/mol. The van der Waals surface area contributed by atoms with Crippen molar-refractivity contribution in [2.75, 3.05) is 31.6 Å². The largest absolute Gasteiger partial charge is 0.492 e. The molecule has 1 aliphatic heterocycles. The summed E-state index contributed by atoms with van der Waals surface area (Å²) in [5, 5.41) is 3.02. The summed E-state index contributed by atoms with van der Waals surface area (Å²) in [6, 6.07) is 8.33. The highest BCUT2D eigenvalue weighted by Gasteiger charge is 2.41. The second kappa shape index (κ2) is 9.56. The van der Waals surface area contributed by atoms with Crippen LogP contribution in [0, 0.1) is 0 Å². The first-order valence-electron chi connectivity index (χ1n) is 10.6. The Bertz CT molecular complexity index is 596. The summed E-state index contributed by atoms with van der Waals surface area (Å²) in [5.74, 6) is 0.827. The van der Waals surface area contributed by atoms with Crippen LogP contribution in [0.5, 0.6) is 5.75 Å². The molecule has 1 amide bonds. The average molecular weight is 375 g/mol. The summed E-state index contributed by atoms with van der Waals surface area (Å²) in [4.78, 5) is 15.2. The zero-order valence-electron chi connectivity index (χ0n) is 16.8. The van der Waals surface area contributed by atoms with Crippen LogP contribution >= 0.6 is 0 Å². The van der Waals surface area contributed by atoms with E-state index >= 15 is 0 Å². The highest BCUT2D eigenvalue weighted by molar-refractivity contribution is 5.97. The van der Waals surface area contributed by atoms with Gasteiger partial charge in [-0.25, -0.2) is 0 Å². The molecule has 0 bridgehead atoms. The van der Waals surface area contributed by atoms with E-state index in [0.29, 0.717) is 19.3 Å². The molecule has 5 heteroatoms. The second-order valence-corrected chi connectivity index (χ2v) is 7.84. The van der Waals surface area contributed by atoms with Crippen LogP contribution in [-0.4, -0.2) is 48.8 Å². The molecule has 1 saturated carbocycles. The molecule has 2 fully saturated rings. The Kier molecular flexibility index (Phi) is 7.13. The molecule has 1 aromatic rings. The average Bonchev–Trinajstić information content (AvgIpc) is 3.15. The molecule has 0 aromatic heterocycles. The number of hydrogen-bond acceptors (Lipinski definition) is 4. The Morgan fingerprint density at radius 3 is 2.59 bits per heavy atom. The molecule has 1 heterocycles. The topological polar surface area (TPSA) is 50.8 Å². The first kappa shape index (κ1) is 20.2. The molecular weight excluding hydrogens is 340 g/mol. The Morgan fingerprint density at radius 2 is 1.93 bits per heavy atom. The summed E-state index contributed by atoms with van der Waals surface area (Å²) < 4.78 is 11.7. The van der Waals surface area contributed by atoms with E-state index < -0.39 is 5.60 Å². The Hall–Kier alpha value is -1.59. The molecule has 27 heavy (non-hydrogen) atoms. The van der Waals surface area contributed by atoms with E-state index in [1.54, 1.807) is 0 Å². The molecule has 0 spiro atoms. The number of benzene rings is 1. The number of carbonyl (C=O) groups is 1. The van der Waals surface area contributed by atoms with E-state index in [2.05, 4.69) is 17.1 Å². The minimum Gasteiger partial charge on any atom is -0.492 e. The lowest BCUT2D eigenvalue weighted by molar-refractivity contribution is -0.140. The fraction of sp³-hybridized carbons (Fsp3) is 0.682. The van der Waals surface area contributed by atoms with Gasteiger partial charge in [-0.3, -0.25) is 9.69 Å². The standard InChI is InChI=1S/C22H34N2O3/c1-3-27-22(13-5-6-14-22)21(25)23-19-9-11-20(12-10-19)26-17-16-24-15-7-4-8-18(24)2/h9-12,18H,3-8,13-17H2,1-2H3,(H,23,25)/t18-/m0/s1. The summed E-state index contributed by atoms with van der Waals surface area (Å²) in [7, 11) is 0. The first-order valence-corrected chi connectivity index (χ1v) is 10.6. The number of piperidine rings is 1. The van der Waals surface area contributed by atoms with Crippen LogP contribution in [-0.2, 0) is 9.53 Å². The zero-order chi connectivity index (χ0) is 19.1. The zero-order valence-corrected chi connectivity index (χ0v) is 16.8. The number of hydrogen-bond donors (Lipinski definition) is 1. The Balaban J connectivity index is 1.47. The minimum absolute atomic E-state index is 0.0189. The molecule has 2 aliphatic rings. The van der Waals surface area contributed by atoms with Crippen molar-refractivity contribution in [3.05, 3.63) is 24.3 Å². The van der Waals surface area contributed by atoms with Gasteiger partial charge in [-0.2, -0.15) is 0 Å². The van der Waals surface area contributed by atoms with Gasteiger partial charge in [-0.05, 0) is 83.2 Å². The summed E-state index contributed by atoms with van der Waals surface area (Å²) in [6.45, 7) is 7.66. The second-order valence-electron chi connectivity index (χ2n) is 7.84. The van der Waals surface area contributed by atoms with Gasteiger partial charge < -0.3 is 14.8 Å². The molecule has 1 aromatic carbocycles. The van der Waals surface area contributed by atoms with Gasteiger partial charge in [0.05, 0.1) is 0 Å². The third kappa shape index (κ3) is 5.23. The number of ether oxygens (including phenoxy) is 2. The third-order valence-corrected chi connectivity index (χ3v) is 5.95. The molecule has 150 valence electrons. The fourth-order valence-electron chi connectivity index (χ4n) is 4.31. The highest BCUT2D eigenvalue weighted by atomic mass is 16.5. The number of anilines is 1. The lowest BCUT2D eigenvalue weighted by Gasteiger charge is -2.33. The maximum atomic E-state index is 12.7. The van der Waals surface area contributed by atoms with Crippen LogP contribution in [0.3, 0.4) is 0 Å². The van der Waals surface area contributed by atoms with Gasteiger partial charge in [0.25, 0.3) is 5.91 Å². The van der Waals surface area contributed by atoms with Crippen LogP contribution in [0.25, 0.3) is 0 Å². The molecular formula is C22H34N2O3. The van der Waals surface area contributed by atoms with E-state index in [9.17, 15) is 4.79 Å². The number of likely N-dealkylation sites (tertiary alicyclic amines) is 1. The smallest absolute Gasteiger partial charge is 0.256 e. The normalized spacial score (nSPS) is 22.5. The van der Waals surface area contributed by atoms with Gasteiger partial charge in [-0.1, -0.05) is 6.42 Å². The number of amides is 1. The van der Waals surface area contributed by atoms with Gasteiger partial charge in [-0.15, -0.1) is 0 Å². The molecule has 0 radical (unpaired) electrons. The van der Waals surface area contributed by atoms with Crippen LogP contribution in [0.1, 0.15) is 58.8 Å². The van der Waals surface area contributed by atoms with E-state index in [-0.39, 0.29) is 5.91 Å². The Labute approximate surface area is 163 Å². The maximum Gasteiger partial charge on any atom is 0.256 e. The predicted molar refractivity (Wildman–Crippen MR) is 108 cm³/mol. The van der Waals surface area contributed by atoms with E-state index in [1.165, 1.54) is 25.8 Å². The van der Waals surface area contributed by atoms with Crippen molar-refractivity contribution in [3.8, 4) is 5.75 Å². The molecule has 1 atom stereocenters. The molecule has 3 rings (SSSR count). The van der Waals surface area contributed by atoms with Gasteiger partial charge in [0, 0.05) is 24.9 Å². The lowest BCUT2D eigenvalue weighted by atomic mass is 10.0. The van der Waals surface area contributed by atoms with Crippen molar-refractivity contribution in [1.29, 1.82) is 0 Å². The lowest BCUT2D eigenvalue weighted by Crippen LogP contribution is -2.43. The summed E-state index contributed by atoms with van der Waals surface area (Å²) in [5.41, 5.74) is 0.151. The SMILES string of the molecule is CCOC1(C(=O)Nc2ccc(OCCN3CCCC[C@@H]3C)cc2)CCCC1. The highest BCUT2D eigenvalue weighted by Crippen LogP contribution is 2.34. The summed E-state index contributed by atoms with van der Waals surface area (Å²) in [6.07, 6.45) is 7.65. The van der Waals surface area contributed by atoms with Gasteiger partial charge >= 0.3 is 0 Å². The van der Waals surface area contributed by atoms with Crippen LogP contribution in [0.2, 0.25) is 0 Å². The number of rotatable bonds is 8. The molecule has 1 saturated heterocycles. The molecule has 0 unspecified atom stereocenters. The van der Waals surface area contributed by atoms with Crippen molar-refractivity contribution in [3.63, 3.8) is 0 Å². The van der Waals surface area contributed by atoms with Gasteiger partial charge in [0.2, 0.25) is 0 Å². The van der Waals surface area contributed by atoms with Crippen molar-refractivity contribution in [2.45, 2.75) is 70.4 Å². The van der Waals surface area contributed by atoms with Crippen LogP contribution in [0.15, 0.2) is 24.3 Å². The van der Waals surface area contributed by atoms with Gasteiger partial charge in [0.15, 0.2) is 0 Å². The van der Waals surface area contributed by atoms with E-state index in [0.717, 1.165) is 43.7 Å². The van der Waals surface area contributed by atoms with E-state index in [1.807, 2.05) is 31.2 Å². The van der Waals surface area contributed by atoms with Crippen LogP contribution in [0.4, 0.5) is 5.69 Å². The van der Waals surface area contributed by atoms with E-state index in [4.69, 9.17) is 9.47 Å². The number of carbonyl (C=O) groups excluding carboxylic acids is 1.